The second kappa shape index (κ2) is 25.6. The topological polar surface area (TPSA) is 13.0 Å². The lowest BCUT2D eigenvalue weighted by Crippen LogP contribution is -2.64. The number of hydrogen-bond acceptors (Lipinski definition) is 6. The molecule has 0 radical (unpaired) electrons. The van der Waals surface area contributed by atoms with Crippen molar-refractivity contribution in [1.29, 1.82) is 0 Å². The summed E-state index contributed by atoms with van der Waals surface area (Å²) in [5.41, 5.74) is 32.0. The van der Waals surface area contributed by atoms with Crippen molar-refractivity contribution in [3.05, 3.63) is 263 Å². The Balaban J connectivity index is 1.04. The first-order chi connectivity index (χ1) is 49.6. The molecule has 0 aliphatic carbocycles. The lowest BCUT2D eigenvalue weighted by atomic mass is 9.31. The van der Waals surface area contributed by atoms with E-state index >= 15 is 0 Å². The highest BCUT2D eigenvalue weighted by molar-refractivity contribution is 8.01. The number of anilines is 12. The lowest BCUT2D eigenvalue weighted by Gasteiger charge is -2.46. The van der Waals surface area contributed by atoms with E-state index in [-0.39, 0.29) is 56.7 Å². The minimum absolute atomic E-state index is 0.00807. The van der Waals surface area contributed by atoms with E-state index in [4.69, 9.17) is 0 Å². The van der Waals surface area contributed by atoms with Crippen molar-refractivity contribution in [3.63, 3.8) is 0 Å². The van der Waals surface area contributed by atoms with Crippen molar-refractivity contribution < 1.29 is 0 Å². The molecule has 11 aromatic carbocycles. The van der Waals surface area contributed by atoms with Crippen molar-refractivity contribution >= 4 is 138 Å². The first kappa shape index (κ1) is 73.0. The highest BCUT2D eigenvalue weighted by Crippen LogP contribution is 2.52. The van der Waals surface area contributed by atoms with E-state index in [9.17, 15) is 0 Å². The largest absolute Gasteiger partial charge is 0.311 e. The monoisotopic (exact) mass is 1430 g/mol. The molecule has 4 aliphatic heterocycles. The molecule has 0 N–H and O–H groups in total. The van der Waals surface area contributed by atoms with Gasteiger partial charge in [-0.25, -0.2) is 0 Å². The van der Waals surface area contributed by atoms with Gasteiger partial charge in [0.15, 0.2) is 0 Å². The Labute approximate surface area is 645 Å². The van der Waals surface area contributed by atoms with Gasteiger partial charge in [0.05, 0.1) is 5.69 Å². The molecule has 0 spiro atoms. The average molecular weight is 1430 g/mol. The number of rotatable bonds is 8. The summed E-state index contributed by atoms with van der Waals surface area (Å²) in [5, 5.41) is 0. The van der Waals surface area contributed by atoms with Crippen molar-refractivity contribution in [2.45, 2.75) is 229 Å². The van der Waals surface area contributed by atoms with Gasteiger partial charge >= 0.3 is 0 Å². The molecule has 4 heterocycles. The summed E-state index contributed by atoms with van der Waals surface area (Å²) in [5.74, 6) is 0. The Hall–Kier alpha value is -8.55. The van der Waals surface area contributed by atoms with E-state index in [0.717, 1.165) is 45.5 Å². The number of nitrogens with zero attached hydrogens (tertiary/aromatic N) is 4. The van der Waals surface area contributed by atoms with Crippen molar-refractivity contribution in [2.24, 2.45) is 0 Å². The molecule has 0 aromatic heterocycles. The summed E-state index contributed by atoms with van der Waals surface area (Å²) in [6.45, 7) is 55.8. The van der Waals surface area contributed by atoms with Gasteiger partial charge in [-0.1, -0.05) is 304 Å². The van der Waals surface area contributed by atoms with Crippen LogP contribution in [0.5, 0.6) is 0 Å². The van der Waals surface area contributed by atoms with Gasteiger partial charge < -0.3 is 19.6 Å². The second-order valence-corrected chi connectivity index (χ2v) is 41.1. The van der Waals surface area contributed by atoms with Gasteiger partial charge in [-0.05, 0) is 225 Å². The number of benzene rings is 11. The Morgan fingerprint density at radius 3 is 0.868 bits per heavy atom. The molecule has 8 heteroatoms. The van der Waals surface area contributed by atoms with E-state index in [1.54, 1.807) is 0 Å². The summed E-state index contributed by atoms with van der Waals surface area (Å²) >= 11 is 3.92. The fourth-order valence-electron chi connectivity index (χ4n) is 16.3. The van der Waals surface area contributed by atoms with Gasteiger partial charge in [-0.3, -0.25) is 0 Å². The minimum atomic E-state index is -0.160. The minimum Gasteiger partial charge on any atom is -0.311 e. The van der Waals surface area contributed by atoms with Crippen LogP contribution in [0, 0.1) is 0 Å². The maximum absolute atomic E-state index is 2.72. The first-order valence-electron chi connectivity index (χ1n) is 38.6. The van der Waals surface area contributed by atoms with Gasteiger partial charge in [0.2, 0.25) is 6.71 Å². The fourth-order valence-corrected chi connectivity index (χ4v) is 18.7. The van der Waals surface area contributed by atoms with Gasteiger partial charge in [0.1, 0.15) is 0 Å². The third kappa shape index (κ3) is 13.3. The van der Waals surface area contributed by atoms with Crippen LogP contribution in [0.3, 0.4) is 0 Å². The molecule has 538 valence electrons. The standard InChI is InChI=1S/C98H108B2N4S2/c1-91(2,3)61-25-39-69(40-26-61)101(70-41-27-62(28-42-70)92(4,5)6)75-55-83-89-84(56-75)104(74-49-35-66(36-50-74)96(16,17)18)82-60-86-80(59-78(82)99(89)77-53-67(97(19,20)21)37-51-81(77)103(83)73-47-33-65(34-48-73)95(13,14)15)100-79-54-68(98(22,23)24)38-52-85(79)105-87-57-76(58-88(106-86)90(87)100)102(71-43-29-63(30-44-71)93(7,8)9)72-45-31-64(32-46-72)94(10,11)12/h25-60H,1-24H3. The van der Waals surface area contributed by atoms with Crippen LogP contribution in [-0.4, -0.2) is 13.4 Å². The molecule has 0 saturated heterocycles. The average Bonchev–Trinajstić information content (AvgIpc) is 0.687. The van der Waals surface area contributed by atoms with Crippen LogP contribution < -0.4 is 52.4 Å². The third-order valence-electron chi connectivity index (χ3n) is 22.8. The second-order valence-electron chi connectivity index (χ2n) is 38.9. The highest BCUT2D eigenvalue weighted by atomic mass is 32.2. The summed E-state index contributed by atoms with van der Waals surface area (Å²) in [6, 6.07) is 87.1. The van der Waals surface area contributed by atoms with Crippen LogP contribution in [-0.2, 0) is 43.3 Å². The van der Waals surface area contributed by atoms with Crippen LogP contribution in [0.1, 0.15) is 211 Å². The maximum atomic E-state index is 2.72. The predicted molar refractivity (Wildman–Crippen MR) is 465 cm³/mol. The van der Waals surface area contributed by atoms with Gasteiger partial charge in [-0.2, -0.15) is 0 Å². The molecular weight excluding hydrogens is 1320 g/mol. The maximum Gasteiger partial charge on any atom is 0.252 e. The molecule has 15 rings (SSSR count). The Kier molecular flexibility index (Phi) is 17.6. The SMILES string of the molecule is CC(C)(C)c1ccc(N(c2ccc(C(C)(C)C)cc2)c2cc3c4c(c2)Sc2cc5c(cc2B4c2cc(C(C)(C)C)ccc2S3)B2c3cc(C(C)(C)C)ccc3N(c3ccc(C(C)(C)C)cc3)c3cc(N(c4ccc(C(C)(C)C)cc4)c4ccc(C(C)(C)C)cc4)cc(c32)N5c2ccc(C(C)(C)C)cc2)cc1. The predicted octanol–water partition coefficient (Wildman–Crippen LogP) is 24.5. The van der Waals surface area contributed by atoms with E-state index < -0.39 is 0 Å². The summed E-state index contributed by atoms with van der Waals surface area (Å²) in [6.07, 6.45) is 0. The van der Waals surface area contributed by atoms with E-state index in [1.165, 1.54) is 120 Å². The van der Waals surface area contributed by atoms with Crippen molar-refractivity contribution in [3.8, 4) is 0 Å². The van der Waals surface area contributed by atoms with Crippen LogP contribution in [0.2, 0.25) is 0 Å². The summed E-state index contributed by atoms with van der Waals surface area (Å²) < 4.78 is 0. The zero-order valence-corrected chi connectivity index (χ0v) is 69.2. The zero-order valence-electron chi connectivity index (χ0n) is 67.5. The first-order valence-corrected chi connectivity index (χ1v) is 40.2. The molecule has 4 aliphatic rings. The molecule has 4 nitrogen and oxygen atoms in total. The van der Waals surface area contributed by atoms with Crippen molar-refractivity contribution in [1.82, 2.24) is 0 Å². The fraction of sp³-hybridized carbons (Fsp3) is 0.327. The number of hydrogen-bond donors (Lipinski definition) is 0. The molecule has 11 aromatic rings. The van der Waals surface area contributed by atoms with Crippen LogP contribution in [0.25, 0.3) is 0 Å². The highest BCUT2D eigenvalue weighted by Gasteiger charge is 2.48. The normalized spacial score (nSPS) is 14.3. The Bertz CT molecular complexity index is 5110. The summed E-state index contributed by atoms with van der Waals surface area (Å²) in [7, 11) is 0. The molecule has 0 saturated carbocycles. The van der Waals surface area contributed by atoms with Gasteiger partial charge in [0.25, 0.3) is 6.71 Å². The van der Waals surface area contributed by atoms with Gasteiger partial charge in [0, 0.05) is 82.1 Å². The lowest BCUT2D eigenvalue weighted by molar-refractivity contribution is 0.590. The number of fused-ring (bicyclic) bond motifs is 8. The molecule has 0 amide bonds. The van der Waals surface area contributed by atoms with Crippen molar-refractivity contribution in [2.75, 3.05) is 19.6 Å². The Morgan fingerprint density at radius 2 is 0.500 bits per heavy atom. The zero-order chi connectivity index (χ0) is 75.7. The van der Waals surface area contributed by atoms with Crippen LogP contribution in [0.4, 0.5) is 68.2 Å². The van der Waals surface area contributed by atoms with Crippen LogP contribution in [0.15, 0.2) is 238 Å². The molecule has 0 bridgehead atoms. The molecule has 0 unspecified atom stereocenters. The Morgan fingerprint density at radius 1 is 0.217 bits per heavy atom. The van der Waals surface area contributed by atoms with Gasteiger partial charge in [-0.15, -0.1) is 0 Å². The third-order valence-corrected chi connectivity index (χ3v) is 25.1. The van der Waals surface area contributed by atoms with E-state index in [0.29, 0.717) is 0 Å². The molecule has 106 heavy (non-hydrogen) atoms. The van der Waals surface area contributed by atoms with E-state index in [1.807, 2.05) is 23.5 Å². The van der Waals surface area contributed by atoms with E-state index in [2.05, 4.69) is 404 Å². The smallest absolute Gasteiger partial charge is 0.252 e. The molecule has 0 atom stereocenters. The molecular formula is C98H108B2N4S2. The quantitative estimate of drug-likeness (QED) is 0.140. The molecule has 0 fully saturated rings. The van der Waals surface area contributed by atoms with Crippen LogP contribution >= 0.6 is 23.5 Å². The summed E-state index contributed by atoms with van der Waals surface area (Å²) in [4.78, 5) is 15.5.